The number of esters is 1. The number of thioether (sulfide) groups is 1. The lowest BCUT2D eigenvalue weighted by molar-refractivity contribution is -0.118. The minimum absolute atomic E-state index is 0.0249. The number of nitrogens with zero attached hydrogens (tertiary/aromatic N) is 4. The summed E-state index contributed by atoms with van der Waals surface area (Å²) >= 11 is 2.83. The summed E-state index contributed by atoms with van der Waals surface area (Å²) in [6.45, 7) is 4.08. The van der Waals surface area contributed by atoms with E-state index in [0.29, 0.717) is 34.7 Å². The van der Waals surface area contributed by atoms with Crippen LogP contribution in [0.3, 0.4) is 0 Å². The third-order valence-electron chi connectivity index (χ3n) is 5.81. The van der Waals surface area contributed by atoms with E-state index in [9.17, 15) is 14.9 Å². The number of hydrogen-bond acceptors (Lipinski definition) is 10. The number of carbonyl (C=O) groups excluding carboxylic acids is 2. The molecule has 0 radical (unpaired) electrons. The molecule has 0 amide bonds. The van der Waals surface area contributed by atoms with Gasteiger partial charge in [-0.1, -0.05) is 49.1 Å². The summed E-state index contributed by atoms with van der Waals surface area (Å²) in [6.07, 6.45) is 2.87. The highest BCUT2D eigenvalue weighted by Gasteiger charge is 2.45. The molecule has 1 aliphatic heterocycles. The highest BCUT2D eigenvalue weighted by Crippen LogP contribution is 2.50. The number of benzene rings is 1. The highest BCUT2D eigenvalue weighted by atomic mass is 32.2. The van der Waals surface area contributed by atoms with Gasteiger partial charge in [0.25, 0.3) is 0 Å². The van der Waals surface area contributed by atoms with Crippen molar-refractivity contribution in [2.24, 2.45) is 11.1 Å². The first-order valence-corrected chi connectivity index (χ1v) is 12.3. The van der Waals surface area contributed by atoms with Crippen LogP contribution in [0.1, 0.15) is 48.5 Å². The first-order valence-electron chi connectivity index (χ1n) is 10.2. The van der Waals surface area contributed by atoms with Gasteiger partial charge < -0.3 is 10.5 Å². The van der Waals surface area contributed by atoms with Gasteiger partial charge >= 0.3 is 5.97 Å². The summed E-state index contributed by atoms with van der Waals surface area (Å²) < 4.78 is 5.54. The van der Waals surface area contributed by atoms with Crippen LogP contribution in [-0.4, -0.2) is 35.3 Å². The number of nitriles is 1. The lowest BCUT2D eigenvalue weighted by Gasteiger charge is -2.42. The normalized spacial score (nSPS) is 19.9. The number of Topliss-reactive ketones (excluding diaryl/α,β-unsaturated/α-hetero) is 1. The standard InChI is InChI=1S/C23H23N5O3S2/c1-23(2)9-15-18(16(29)10-23)17(12-5-7-13(8-6-12)20(30)31-3)14(11-24)19(25)28(15)21-26-27-22(32-4)33-21/h5-8,17H,9-10,25H2,1-4H3. The Morgan fingerprint density at radius 2 is 2.00 bits per heavy atom. The minimum Gasteiger partial charge on any atom is -0.465 e. The maximum Gasteiger partial charge on any atom is 0.337 e. The second kappa shape index (κ2) is 8.65. The first-order chi connectivity index (χ1) is 15.7. The van der Waals surface area contributed by atoms with Crippen LogP contribution < -0.4 is 10.6 Å². The van der Waals surface area contributed by atoms with Crippen LogP contribution in [0, 0.1) is 16.7 Å². The monoisotopic (exact) mass is 481 g/mol. The molecular weight excluding hydrogens is 458 g/mol. The van der Waals surface area contributed by atoms with E-state index in [1.807, 2.05) is 20.1 Å². The molecule has 2 aromatic rings. The van der Waals surface area contributed by atoms with Crippen LogP contribution in [0.15, 0.2) is 51.3 Å². The zero-order valence-corrected chi connectivity index (χ0v) is 20.3. The van der Waals surface area contributed by atoms with Gasteiger partial charge in [0.05, 0.1) is 30.2 Å². The Labute approximate surface area is 200 Å². The summed E-state index contributed by atoms with van der Waals surface area (Å²) in [7, 11) is 1.32. The molecule has 1 unspecified atom stereocenters. The topological polar surface area (TPSA) is 122 Å². The fraction of sp³-hybridized carbons (Fsp3) is 0.348. The van der Waals surface area contributed by atoms with Crippen LogP contribution in [-0.2, 0) is 9.53 Å². The van der Waals surface area contributed by atoms with Gasteiger partial charge in [0, 0.05) is 17.7 Å². The molecule has 4 rings (SSSR count). The van der Waals surface area contributed by atoms with Gasteiger partial charge in [-0.15, -0.1) is 10.2 Å². The van der Waals surface area contributed by atoms with Crippen LogP contribution in [0.5, 0.6) is 0 Å². The fourth-order valence-electron chi connectivity index (χ4n) is 4.37. The molecule has 1 aromatic heterocycles. The van der Waals surface area contributed by atoms with Gasteiger partial charge in [0.1, 0.15) is 5.82 Å². The highest BCUT2D eigenvalue weighted by molar-refractivity contribution is 8.00. The number of allylic oxidation sites excluding steroid dienone is 3. The number of methoxy groups -OCH3 is 1. The number of ketones is 1. The van der Waals surface area contributed by atoms with E-state index in [0.717, 1.165) is 10.0 Å². The van der Waals surface area contributed by atoms with Gasteiger partial charge in [0.2, 0.25) is 5.13 Å². The molecule has 0 spiro atoms. The molecule has 0 saturated heterocycles. The molecular formula is C23H23N5O3S2. The largest absolute Gasteiger partial charge is 0.465 e. The zero-order valence-electron chi connectivity index (χ0n) is 18.7. The Bertz CT molecular complexity index is 1240. The molecule has 2 aliphatic rings. The van der Waals surface area contributed by atoms with E-state index in [-0.39, 0.29) is 22.6 Å². The van der Waals surface area contributed by atoms with E-state index in [2.05, 4.69) is 16.3 Å². The Morgan fingerprint density at radius 3 is 2.58 bits per heavy atom. The van der Waals surface area contributed by atoms with Gasteiger partial charge in [-0.25, -0.2) is 4.79 Å². The van der Waals surface area contributed by atoms with E-state index < -0.39 is 11.9 Å². The van der Waals surface area contributed by atoms with Gasteiger partial charge in [-0.3, -0.25) is 9.69 Å². The number of hydrogen-bond donors (Lipinski definition) is 1. The van der Waals surface area contributed by atoms with Crippen LogP contribution in [0.4, 0.5) is 5.13 Å². The molecule has 0 fully saturated rings. The second-order valence-electron chi connectivity index (χ2n) is 8.65. The van der Waals surface area contributed by atoms with Crippen LogP contribution in [0.2, 0.25) is 0 Å². The number of rotatable bonds is 4. The van der Waals surface area contributed by atoms with Crippen molar-refractivity contribution in [3.05, 3.63) is 58.1 Å². The van der Waals surface area contributed by atoms with Crippen molar-refractivity contribution < 1.29 is 14.3 Å². The zero-order chi connectivity index (χ0) is 23.9. The third kappa shape index (κ3) is 4.03. The lowest BCUT2D eigenvalue weighted by atomic mass is 9.68. The second-order valence-corrected chi connectivity index (χ2v) is 10.7. The smallest absolute Gasteiger partial charge is 0.337 e. The first kappa shape index (κ1) is 23.0. The molecule has 170 valence electrons. The lowest BCUT2D eigenvalue weighted by Crippen LogP contribution is -2.42. The number of nitrogens with two attached hydrogens (primary N) is 1. The molecule has 8 nitrogen and oxygen atoms in total. The van der Waals surface area contributed by atoms with Crippen LogP contribution >= 0.6 is 23.1 Å². The van der Waals surface area contributed by atoms with Crippen molar-refractivity contribution in [1.29, 1.82) is 5.26 Å². The predicted octanol–water partition coefficient (Wildman–Crippen LogP) is 3.99. The van der Waals surface area contributed by atoms with Crippen molar-refractivity contribution in [2.75, 3.05) is 18.3 Å². The third-order valence-corrected chi connectivity index (χ3v) is 7.69. The van der Waals surface area contributed by atoms with Crippen molar-refractivity contribution >= 4 is 40.0 Å². The van der Waals surface area contributed by atoms with Gasteiger partial charge in [-0.2, -0.15) is 5.26 Å². The van der Waals surface area contributed by atoms with E-state index in [1.54, 1.807) is 29.2 Å². The molecule has 1 atom stereocenters. The molecule has 1 aromatic carbocycles. The van der Waals surface area contributed by atoms with Gasteiger partial charge in [0.15, 0.2) is 10.1 Å². The Morgan fingerprint density at radius 1 is 1.30 bits per heavy atom. The van der Waals surface area contributed by atoms with E-state index in [1.165, 1.54) is 30.2 Å². The predicted molar refractivity (Wildman–Crippen MR) is 127 cm³/mol. The fourth-order valence-corrected chi connectivity index (χ4v) is 5.66. The summed E-state index contributed by atoms with van der Waals surface area (Å²) in [6, 6.07) is 8.98. The Balaban J connectivity index is 1.92. The van der Waals surface area contributed by atoms with Crippen molar-refractivity contribution in [3.8, 4) is 6.07 Å². The summed E-state index contributed by atoms with van der Waals surface area (Å²) in [5, 5.41) is 19.1. The molecule has 0 saturated carbocycles. The number of carbonyl (C=O) groups is 2. The molecule has 0 bridgehead atoms. The Kier molecular flexibility index (Phi) is 6.03. The molecule has 1 aliphatic carbocycles. The average Bonchev–Trinajstić information content (AvgIpc) is 3.25. The molecule has 2 heterocycles. The van der Waals surface area contributed by atoms with Crippen molar-refractivity contribution in [3.63, 3.8) is 0 Å². The number of ether oxygens (including phenoxy) is 1. The maximum atomic E-state index is 13.5. The Hall–Kier alpha value is -3.16. The quantitative estimate of drug-likeness (QED) is 0.510. The van der Waals surface area contributed by atoms with Crippen molar-refractivity contribution in [2.45, 2.75) is 36.9 Å². The maximum absolute atomic E-state index is 13.5. The van der Waals surface area contributed by atoms with E-state index in [4.69, 9.17) is 10.5 Å². The molecule has 33 heavy (non-hydrogen) atoms. The average molecular weight is 482 g/mol. The number of anilines is 1. The summed E-state index contributed by atoms with van der Waals surface area (Å²) in [4.78, 5) is 27.1. The summed E-state index contributed by atoms with van der Waals surface area (Å²) in [5.74, 6) is -0.858. The SMILES string of the molecule is COC(=O)c1ccc(C2C(C#N)=C(N)N(c3nnc(SC)s3)C3=C2C(=O)CC(C)(C)C3)cc1. The van der Waals surface area contributed by atoms with Gasteiger partial charge in [-0.05, 0) is 35.8 Å². The number of aromatic nitrogens is 2. The molecule has 2 N–H and O–H groups in total. The van der Waals surface area contributed by atoms with Crippen LogP contribution in [0.25, 0.3) is 0 Å². The minimum atomic E-state index is -0.621. The molecule has 10 heteroatoms. The summed E-state index contributed by atoms with van der Waals surface area (Å²) in [5.41, 5.74) is 8.98. The van der Waals surface area contributed by atoms with Crippen molar-refractivity contribution in [1.82, 2.24) is 10.2 Å². The van der Waals surface area contributed by atoms with E-state index >= 15 is 0 Å².